The SMILES string of the molecule is O=C(O)C(=O)O.OB(O)O.[NaH]. The van der Waals surface area contributed by atoms with Gasteiger partial charge in [0.15, 0.2) is 0 Å². The summed E-state index contributed by atoms with van der Waals surface area (Å²) in [7, 11) is -2.17. The van der Waals surface area contributed by atoms with Gasteiger partial charge in [0.2, 0.25) is 0 Å². The second-order valence-corrected chi connectivity index (χ2v) is 0.957. The van der Waals surface area contributed by atoms with Crippen LogP contribution in [0.25, 0.3) is 0 Å². The molecule has 0 atom stereocenters. The summed E-state index contributed by atoms with van der Waals surface area (Å²) >= 11 is 0. The molecule has 0 aromatic carbocycles. The number of hydrogen-bond acceptors (Lipinski definition) is 5. The summed E-state index contributed by atoms with van der Waals surface area (Å²) < 4.78 is 0. The summed E-state index contributed by atoms with van der Waals surface area (Å²) in [5.41, 5.74) is 0. The van der Waals surface area contributed by atoms with Gasteiger partial charge >= 0.3 is 48.8 Å². The fourth-order valence-electron chi connectivity index (χ4n) is 0. The van der Waals surface area contributed by atoms with Gasteiger partial charge in [0, 0.05) is 0 Å². The molecule has 0 aliphatic heterocycles. The predicted octanol–water partition coefficient (Wildman–Crippen LogP) is -3.54. The molecular formula is C2H6BNaO7. The average molecular weight is 176 g/mol. The third-order valence-electron chi connectivity index (χ3n) is 0.183. The Morgan fingerprint density at radius 3 is 1.00 bits per heavy atom. The van der Waals surface area contributed by atoms with E-state index in [-0.39, 0.29) is 29.6 Å². The molecule has 0 radical (unpaired) electrons. The Hall–Kier alpha value is -0.115. The molecule has 0 saturated heterocycles. The van der Waals surface area contributed by atoms with Crippen molar-refractivity contribution in [3.63, 3.8) is 0 Å². The summed E-state index contributed by atoms with van der Waals surface area (Å²) in [4.78, 5) is 18.2. The number of rotatable bonds is 0. The molecule has 0 rings (SSSR count). The van der Waals surface area contributed by atoms with E-state index in [1.54, 1.807) is 0 Å². The molecule has 0 saturated carbocycles. The van der Waals surface area contributed by atoms with Crippen LogP contribution >= 0.6 is 0 Å². The molecule has 0 amide bonds. The van der Waals surface area contributed by atoms with Gasteiger partial charge in [-0.25, -0.2) is 9.59 Å². The monoisotopic (exact) mass is 176 g/mol. The molecule has 9 heteroatoms. The number of carboxylic acids is 2. The van der Waals surface area contributed by atoms with E-state index in [1.165, 1.54) is 0 Å². The number of hydrogen-bond donors (Lipinski definition) is 5. The van der Waals surface area contributed by atoms with Crippen LogP contribution in [0.1, 0.15) is 0 Å². The Morgan fingerprint density at radius 2 is 1.00 bits per heavy atom. The van der Waals surface area contributed by atoms with Crippen LogP contribution in [0.15, 0.2) is 0 Å². The molecule has 0 aliphatic rings. The Balaban J connectivity index is -0.000000114. The van der Waals surface area contributed by atoms with Crippen molar-refractivity contribution < 1.29 is 34.9 Å². The van der Waals surface area contributed by atoms with Gasteiger partial charge in [-0.3, -0.25) is 0 Å². The Kier molecular flexibility index (Phi) is 15.4. The van der Waals surface area contributed by atoms with Gasteiger partial charge < -0.3 is 25.3 Å². The van der Waals surface area contributed by atoms with Crippen LogP contribution in [0.4, 0.5) is 0 Å². The van der Waals surface area contributed by atoms with Crippen molar-refractivity contribution in [3.05, 3.63) is 0 Å². The number of aliphatic carboxylic acids is 2. The first-order valence-electron chi connectivity index (χ1n) is 1.88. The summed E-state index contributed by atoms with van der Waals surface area (Å²) in [6, 6.07) is 0. The van der Waals surface area contributed by atoms with E-state index in [0.717, 1.165) is 0 Å². The Labute approximate surface area is 83.7 Å². The zero-order valence-electron chi connectivity index (χ0n) is 4.63. The zero-order chi connectivity index (χ0) is 8.73. The maximum atomic E-state index is 9.10. The van der Waals surface area contributed by atoms with Gasteiger partial charge in [-0.05, 0) is 0 Å². The molecule has 5 N–H and O–H groups in total. The molecular weight excluding hydrogens is 170 g/mol. The molecule has 11 heavy (non-hydrogen) atoms. The topological polar surface area (TPSA) is 135 Å². The van der Waals surface area contributed by atoms with Crippen LogP contribution in [0.5, 0.6) is 0 Å². The third-order valence-corrected chi connectivity index (χ3v) is 0.183. The quantitative estimate of drug-likeness (QED) is 0.190. The van der Waals surface area contributed by atoms with Crippen LogP contribution < -0.4 is 0 Å². The van der Waals surface area contributed by atoms with E-state index >= 15 is 0 Å². The van der Waals surface area contributed by atoms with Crippen molar-refractivity contribution in [2.24, 2.45) is 0 Å². The van der Waals surface area contributed by atoms with Crippen LogP contribution in [-0.4, -0.2) is 74.1 Å². The molecule has 7 nitrogen and oxygen atoms in total. The Morgan fingerprint density at radius 1 is 0.909 bits per heavy atom. The molecule has 0 aliphatic carbocycles. The van der Waals surface area contributed by atoms with E-state index in [9.17, 15) is 0 Å². The molecule has 0 spiro atoms. The molecule has 0 aromatic heterocycles. The van der Waals surface area contributed by atoms with Gasteiger partial charge in [0.05, 0.1) is 0 Å². The zero-order valence-corrected chi connectivity index (χ0v) is 4.63. The molecule has 0 fully saturated rings. The number of carboxylic acid groups (broad SMARTS) is 2. The van der Waals surface area contributed by atoms with Crippen molar-refractivity contribution in [2.75, 3.05) is 0 Å². The summed E-state index contributed by atoms with van der Waals surface area (Å²) in [6.45, 7) is 0. The van der Waals surface area contributed by atoms with E-state index < -0.39 is 19.3 Å². The minimum absolute atomic E-state index is 0. The second kappa shape index (κ2) is 9.88. The standard InChI is InChI=1S/C2H2O4.BH3O3.Na.H/c3-1(4)2(5)6;2-1(3)4;;/h(H,3,4)(H,5,6);2-4H;;. The van der Waals surface area contributed by atoms with E-state index in [1.807, 2.05) is 0 Å². The predicted molar refractivity (Wildman–Crippen MR) is 34.8 cm³/mol. The summed E-state index contributed by atoms with van der Waals surface area (Å²) in [5.74, 6) is -3.65. The van der Waals surface area contributed by atoms with Crippen LogP contribution in [0.3, 0.4) is 0 Å². The molecule has 0 heterocycles. The fraction of sp³-hybridized carbons (Fsp3) is 0. The van der Waals surface area contributed by atoms with Gasteiger partial charge in [-0.15, -0.1) is 0 Å². The van der Waals surface area contributed by atoms with Gasteiger partial charge in [-0.2, -0.15) is 0 Å². The third kappa shape index (κ3) is 40.7. The van der Waals surface area contributed by atoms with Gasteiger partial charge in [0.1, 0.15) is 0 Å². The summed E-state index contributed by atoms with van der Waals surface area (Å²) in [6.07, 6.45) is 0. The van der Waals surface area contributed by atoms with Gasteiger partial charge in [-0.1, -0.05) is 0 Å². The van der Waals surface area contributed by atoms with Crippen molar-refractivity contribution >= 4 is 48.8 Å². The first-order valence-corrected chi connectivity index (χ1v) is 1.88. The molecule has 0 unspecified atom stereocenters. The first-order chi connectivity index (χ1) is 4.37. The number of carbonyl (C=O) groups is 2. The van der Waals surface area contributed by atoms with Crippen molar-refractivity contribution in [1.82, 2.24) is 0 Å². The van der Waals surface area contributed by atoms with Crippen LogP contribution in [0, 0.1) is 0 Å². The van der Waals surface area contributed by atoms with Crippen LogP contribution in [0.2, 0.25) is 0 Å². The summed E-state index contributed by atoms with van der Waals surface area (Å²) in [5, 5.41) is 36.3. The molecule has 0 aromatic rings. The van der Waals surface area contributed by atoms with Crippen molar-refractivity contribution in [2.45, 2.75) is 0 Å². The van der Waals surface area contributed by atoms with Crippen molar-refractivity contribution in [1.29, 1.82) is 0 Å². The van der Waals surface area contributed by atoms with Crippen molar-refractivity contribution in [3.8, 4) is 0 Å². The molecule has 60 valence electrons. The maximum absolute atomic E-state index is 9.10. The van der Waals surface area contributed by atoms with E-state index in [0.29, 0.717) is 0 Å². The van der Waals surface area contributed by atoms with Crippen LogP contribution in [-0.2, 0) is 9.59 Å². The van der Waals surface area contributed by atoms with E-state index in [4.69, 9.17) is 34.9 Å². The Bertz CT molecular complexity index is 109. The molecule has 0 bridgehead atoms. The minimum atomic E-state index is -2.17. The fourth-order valence-corrected chi connectivity index (χ4v) is 0. The average Bonchev–Trinajstić information content (AvgIpc) is 1.63. The van der Waals surface area contributed by atoms with Gasteiger partial charge in [0.25, 0.3) is 0 Å². The van der Waals surface area contributed by atoms with E-state index in [2.05, 4.69) is 0 Å². The first kappa shape index (κ1) is 17.1. The normalized spacial score (nSPS) is 6.45. The second-order valence-electron chi connectivity index (χ2n) is 0.957.